The number of nitrogens with zero attached hydrogens (tertiary/aromatic N) is 1. The topological polar surface area (TPSA) is 50.2 Å². The molecule has 3 nitrogen and oxygen atoms in total. The van der Waals surface area contributed by atoms with Crippen LogP contribution < -0.4 is 0 Å². The van der Waals surface area contributed by atoms with E-state index >= 15 is 0 Å². The lowest BCUT2D eigenvalue weighted by molar-refractivity contribution is -0.130. The molecule has 0 atom stereocenters. The lowest BCUT2D eigenvalue weighted by Gasteiger charge is -2.01. The van der Waals surface area contributed by atoms with E-state index in [0.717, 1.165) is 0 Å². The number of hydrogen-bond acceptors (Lipinski definition) is 2. The first kappa shape index (κ1) is 12.0. The summed E-state index contributed by atoms with van der Waals surface area (Å²) in [7, 11) is 0. The fraction of sp³-hybridized carbons (Fsp3) is 0. The van der Waals surface area contributed by atoms with Crippen LogP contribution in [0.3, 0.4) is 0 Å². The van der Waals surface area contributed by atoms with E-state index in [1.54, 1.807) is 18.2 Å². The summed E-state index contributed by atoms with van der Waals surface area (Å²) in [5.74, 6) is -1.43. The predicted molar refractivity (Wildman–Crippen MR) is 66.1 cm³/mol. The van der Waals surface area contributed by atoms with Crippen molar-refractivity contribution in [2.24, 2.45) is 0 Å². The van der Waals surface area contributed by atoms with Gasteiger partial charge < -0.3 is 5.11 Å². The molecule has 0 radical (unpaired) electrons. The van der Waals surface area contributed by atoms with E-state index in [1.807, 2.05) is 0 Å². The molecule has 0 saturated carbocycles. The summed E-state index contributed by atoms with van der Waals surface area (Å²) >= 11 is 0. The second kappa shape index (κ2) is 5.23. The van der Waals surface area contributed by atoms with Crippen LogP contribution in [0.4, 0.5) is 4.39 Å². The zero-order valence-electron chi connectivity index (χ0n) is 9.38. The fourth-order valence-electron chi connectivity index (χ4n) is 1.49. The van der Waals surface area contributed by atoms with Crippen LogP contribution >= 0.6 is 0 Å². The van der Waals surface area contributed by atoms with Crippen molar-refractivity contribution in [2.75, 3.05) is 0 Å². The number of benzene rings is 1. The molecule has 0 amide bonds. The third-order valence-electron chi connectivity index (χ3n) is 2.35. The van der Waals surface area contributed by atoms with Crippen molar-refractivity contribution in [3.63, 3.8) is 0 Å². The van der Waals surface area contributed by atoms with Crippen molar-refractivity contribution >= 4 is 17.6 Å². The molecule has 1 heterocycles. The summed E-state index contributed by atoms with van der Waals surface area (Å²) < 4.78 is 12.8. The maximum atomic E-state index is 12.8. The van der Waals surface area contributed by atoms with Crippen molar-refractivity contribution in [2.45, 2.75) is 0 Å². The molecule has 0 aliphatic rings. The average Bonchev–Trinajstić information content (AvgIpc) is 2.38. The van der Waals surface area contributed by atoms with Crippen LogP contribution in [0.15, 0.2) is 48.7 Å². The van der Waals surface area contributed by atoms with Gasteiger partial charge in [-0.15, -0.1) is 0 Å². The molecule has 0 aliphatic heterocycles. The number of aliphatic carboxylic acids is 1. The Bertz CT molecular complexity index is 577. The summed E-state index contributed by atoms with van der Waals surface area (Å²) in [5, 5.41) is 9.16. The van der Waals surface area contributed by atoms with Crippen molar-refractivity contribution in [3.05, 3.63) is 65.7 Å². The molecule has 2 aromatic rings. The van der Waals surface area contributed by atoms with Gasteiger partial charge in [0.05, 0.1) is 11.3 Å². The highest BCUT2D eigenvalue weighted by molar-refractivity contribution is 6.20. The van der Waals surface area contributed by atoms with Crippen LogP contribution in [-0.2, 0) is 4.79 Å². The van der Waals surface area contributed by atoms with Crippen LogP contribution in [-0.4, -0.2) is 16.1 Å². The number of halogens is 1. The summed E-state index contributed by atoms with van der Waals surface area (Å²) in [5.41, 5.74) is 1.05. The van der Waals surface area contributed by atoms with E-state index in [9.17, 15) is 9.18 Å². The molecule has 90 valence electrons. The second-order valence-electron chi connectivity index (χ2n) is 3.63. The molecule has 0 aliphatic carbocycles. The normalized spacial score (nSPS) is 11.3. The Labute approximate surface area is 103 Å². The van der Waals surface area contributed by atoms with E-state index in [2.05, 4.69) is 4.98 Å². The van der Waals surface area contributed by atoms with Gasteiger partial charge >= 0.3 is 5.97 Å². The summed E-state index contributed by atoms with van der Waals surface area (Å²) in [6.45, 7) is 0. The van der Waals surface area contributed by atoms with E-state index < -0.39 is 5.97 Å². The maximum Gasteiger partial charge on any atom is 0.337 e. The van der Waals surface area contributed by atoms with E-state index in [-0.39, 0.29) is 11.4 Å². The highest BCUT2D eigenvalue weighted by Crippen LogP contribution is 2.16. The zero-order valence-corrected chi connectivity index (χ0v) is 9.38. The number of pyridine rings is 1. The van der Waals surface area contributed by atoms with Gasteiger partial charge in [0.25, 0.3) is 0 Å². The predicted octanol–water partition coefficient (Wildman–Crippen LogP) is 2.85. The minimum Gasteiger partial charge on any atom is -0.478 e. The third-order valence-corrected chi connectivity index (χ3v) is 2.35. The minimum absolute atomic E-state index is 0.0715. The van der Waals surface area contributed by atoms with Gasteiger partial charge in [-0.1, -0.05) is 18.2 Å². The molecule has 0 unspecified atom stereocenters. The number of carboxylic acids is 1. The highest BCUT2D eigenvalue weighted by atomic mass is 19.1. The van der Waals surface area contributed by atoms with Crippen LogP contribution in [0, 0.1) is 5.82 Å². The van der Waals surface area contributed by atoms with Crippen LogP contribution in [0.5, 0.6) is 0 Å². The number of aromatic nitrogens is 1. The summed E-state index contributed by atoms with van der Waals surface area (Å²) in [6.07, 6.45) is 2.99. The van der Waals surface area contributed by atoms with E-state index in [4.69, 9.17) is 5.11 Å². The molecule has 2 rings (SSSR count). The van der Waals surface area contributed by atoms with Gasteiger partial charge in [0, 0.05) is 6.20 Å². The molecule has 18 heavy (non-hydrogen) atoms. The monoisotopic (exact) mass is 243 g/mol. The zero-order chi connectivity index (χ0) is 13.0. The van der Waals surface area contributed by atoms with Crippen LogP contribution in [0.2, 0.25) is 0 Å². The Morgan fingerprint density at radius 2 is 1.89 bits per heavy atom. The summed E-state index contributed by atoms with van der Waals surface area (Å²) in [6, 6.07) is 10.6. The second-order valence-corrected chi connectivity index (χ2v) is 3.63. The van der Waals surface area contributed by atoms with Gasteiger partial charge in [-0.05, 0) is 35.9 Å². The summed E-state index contributed by atoms with van der Waals surface area (Å²) in [4.78, 5) is 15.2. The Kier molecular flexibility index (Phi) is 3.48. The van der Waals surface area contributed by atoms with Gasteiger partial charge in [-0.2, -0.15) is 0 Å². The molecule has 1 aromatic carbocycles. The average molecular weight is 243 g/mol. The van der Waals surface area contributed by atoms with Gasteiger partial charge in [-0.25, -0.2) is 9.18 Å². The van der Waals surface area contributed by atoms with Crippen LogP contribution in [0.25, 0.3) is 11.6 Å². The maximum absolute atomic E-state index is 12.8. The van der Waals surface area contributed by atoms with E-state index in [1.165, 1.54) is 36.5 Å². The number of carboxylic acid groups (broad SMARTS) is 1. The molecular formula is C14H10FNO2. The van der Waals surface area contributed by atoms with Crippen molar-refractivity contribution in [1.29, 1.82) is 0 Å². The standard InChI is InChI=1S/C14H10FNO2/c15-11-6-4-10(5-7-11)9-12(14(17)18)13-3-1-2-8-16-13/h1-9H,(H,17,18)/b12-9+. The Morgan fingerprint density at radius 1 is 1.17 bits per heavy atom. The van der Waals surface area contributed by atoms with Gasteiger partial charge in [0.2, 0.25) is 0 Å². The van der Waals surface area contributed by atoms with Gasteiger partial charge in [0.15, 0.2) is 0 Å². The largest absolute Gasteiger partial charge is 0.478 e. The molecular weight excluding hydrogens is 233 g/mol. The lowest BCUT2D eigenvalue weighted by Crippen LogP contribution is -2.01. The quantitative estimate of drug-likeness (QED) is 0.843. The van der Waals surface area contributed by atoms with Crippen molar-refractivity contribution in [1.82, 2.24) is 4.98 Å². The first-order chi connectivity index (χ1) is 8.66. The Balaban J connectivity index is 2.43. The molecule has 4 heteroatoms. The van der Waals surface area contributed by atoms with Gasteiger partial charge in [-0.3, -0.25) is 4.98 Å². The van der Waals surface area contributed by atoms with Crippen LogP contribution in [0.1, 0.15) is 11.3 Å². The Hall–Kier alpha value is -2.49. The molecule has 0 bridgehead atoms. The van der Waals surface area contributed by atoms with Crippen molar-refractivity contribution < 1.29 is 14.3 Å². The van der Waals surface area contributed by atoms with Crippen molar-refractivity contribution in [3.8, 4) is 0 Å². The lowest BCUT2D eigenvalue weighted by atomic mass is 10.1. The smallest absolute Gasteiger partial charge is 0.337 e. The number of rotatable bonds is 3. The van der Waals surface area contributed by atoms with E-state index in [0.29, 0.717) is 11.3 Å². The molecule has 0 fully saturated rings. The molecule has 1 aromatic heterocycles. The SMILES string of the molecule is O=C(O)/C(=C/c1ccc(F)cc1)c1ccccn1. The molecule has 1 N–H and O–H groups in total. The van der Waals surface area contributed by atoms with Gasteiger partial charge in [0.1, 0.15) is 5.82 Å². The Morgan fingerprint density at radius 3 is 2.44 bits per heavy atom. The molecule has 0 spiro atoms. The number of hydrogen-bond donors (Lipinski definition) is 1. The first-order valence-electron chi connectivity index (χ1n) is 5.29. The molecule has 0 saturated heterocycles. The number of carbonyl (C=O) groups is 1. The fourth-order valence-corrected chi connectivity index (χ4v) is 1.49. The third kappa shape index (κ3) is 2.79. The highest BCUT2D eigenvalue weighted by Gasteiger charge is 2.11. The first-order valence-corrected chi connectivity index (χ1v) is 5.29. The minimum atomic E-state index is -1.07.